The molecular formula is C33H30F4N11O3+. The fourth-order valence-corrected chi connectivity index (χ4v) is 5.54. The monoisotopic (exact) mass is 704 g/mol. The molecule has 0 aliphatic carbocycles. The van der Waals surface area contributed by atoms with Crippen LogP contribution in [0.2, 0.25) is 0 Å². The zero-order valence-electron chi connectivity index (χ0n) is 27.4. The fourth-order valence-electron chi connectivity index (χ4n) is 5.54. The third kappa shape index (κ3) is 7.80. The Bertz CT molecular complexity index is 2320. The van der Waals surface area contributed by atoms with Gasteiger partial charge in [0.1, 0.15) is 30.3 Å². The Morgan fingerprint density at radius 1 is 1.08 bits per heavy atom. The molecule has 14 nitrogen and oxygen atoms in total. The summed E-state index contributed by atoms with van der Waals surface area (Å²) in [6.45, 7) is 0.395. The predicted molar refractivity (Wildman–Crippen MR) is 179 cm³/mol. The number of pyridine rings is 1. The number of fused-ring (bicyclic) bond motifs is 2. The van der Waals surface area contributed by atoms with Crippen LogP contribution in [-0.2, 0) is 31.1 Å². The summed E-state index contributed by atoms with van der Waals surface area (Å²) in [7, 11) is 4.39. The summed E-state index contributed by atoms with van der Waals surface area (Å²) in [4.78, 5) is 39.4. The summed E-state index contributed by atoms with van der Waals surface area (Å²) in [5, 5.41) is 23.3. The minimum Gasteiger partial charge on any atom is -0.358 e. The number of benzene rings is 2. The molecule has 6 rings (SSSR count). The van der Waals surface area contributed by atoms with E-state index in [9.17, 15) is 32.5 Å². The number of hydrogen-bond acceptors (Lipinski definition) is 9. The lowest BCUT2D eigenvalue weighted by atomic mass is 10.2. The Balaban J connectivity index is 1.13. The highest BCUT2D eigenvalue weighted by Crippen LogP contribution is 2.33. The summed E-state index contributed by atoms with van der Waals surface area (Å²) >= 11 is 0. The number of nitrogens with zero attached hydrogens (tertiary/aromatic N) is 9. The smallest absolute Gasteiger partial charge is 0.358 e. The van der Waals surface area contributed by atoms with Crippen LogP contribution in [0.25, 0.3) is 21.8 Å². The second-order valence-corrected chi connectivity index (χ2v) is 12.3. The van der Waals surface area contributed by atoms with Crippen molar-refractivity contribution in [1.29, 1.82) is 0 Å². The Kier molecular flexibility index (Phi) is 9.18. The maximum atomic E-state index is 13.7. The molecule has 2 N–H and O–H groups in total. The summed E-state index contributed by atoms with van der Waals surface area (Å²) < 4.78 is 56.1. The number of carbonyl (C=O) groups is 1. The number of nitro groups is 1. The van der Waals surface area contributed by atoms with E-state index in [1.165, 1.54) is 36.8 Å². The van der Waals surface area contributed by atoms with E-state index in [0.717, 1.165) is 23.5 Å². The van der Waals surface area contributed by atoms with Gasteiger partial charge in [-0.25, -0.2) is 19.3 Å². The van der Waals surface area contributed by atoms with E-state index in [1.807, 2.05) is 24.3 Å². The van der Waals surface area contributed by atoms with E-state index in [-0.39, 0.29) is 34.9 Å². The Hall–Kier alpha value is -6.30. The van der Waals surface area contributed by atoms with E-state index in [0.29, 0.717) is 33.5 Å². The molecule has 0 atom stereocenters. The molecule has 4 aromatic heterocycles. The topological polar surface area (TPSA) is 159 Å². The quantitative estimate of drug-likeness (QED) is 0.0564. The van der Waals surface area contributed by atoms with Crippen molar-refractivity contribution in [2.24, 2.45) is 7.05 Å². The zero-order valence-corrected chi connectivity index (χ0v) is 27.4. The van der Waals surface area contributed by atoms with Crippen LogP contribution < -0.4 is 10.6 Å². The van der Waals surface area contributed by atoms with Crippen LogP contribution in [0, 0.1) is 15.9 Å². The molecule has 0 radical (unpaired) electrons. The summed E-state index contributed by atoms with van der Waals surface area (Å²) in [6.07, 6.45) is 2.48. The van der Waals surface area contributed by atoms with Crippen molar-refractivity contribution >= 4 is 50.9 Å². The first-order chi connectivity index (χ1) is 24.2. The number of halogens is 4. The van der Waals surface area contributed by atoms with Gasteiger partial charge in [0.25, 0.3) is 0 Å². The van der Waals surface area contributed by atoms with Crippen molar-refractivity contribution in [1.82, 2.24) is 34.3 Å². The molecule has 4 heterocycles. The number of nitrogens with one attached hydrogen (secondary N) is 2. The third-order valence-corrected chi connectivity index (χ3v) is 7.96. The predicted octanol–water partition coefficient (Wildman–Crippen LogP) is 5.74. The summed E-state index contributed by atoms with van der Waals surface area (Å²) in [6, 6.07) is 13.6. The Labute approximate surface area is 286 Å². The van der Waals surface area contributed by atoms with Gasteiger partial charge in [0.2, 0.25) is 5.91 Å². The number of aromatic nitrogens is 7. The second kappa shape index (κ2) is 13.5. The molecule has 2 aromatic carbocycles. The third-order valence-electron chi connectivity index (χ3n) is 7.96. The molecule has 18 heteroatoms. The lowest BCUT2D eigenvalue weighted by Crippen LogP contribution is -2.39. The molecule has 0 bridgehead atoms. The number of alkyl halides is 3. The molecule has 262 valence electrons. The Morgan fingerprint density at radius 3 is 2.63 bits per heavy atom. The van der Waals surface area contributed by atoms with E-state index in [4.69, 9.17) is 0 Å². The maximum Gasteiger partial charge on any atom is 0.475 e. The molecule has 0 saturated carbocycles. The van der Waals surface area contributed by atoms with Crippen molar-refractivity contribution in [3.8, 4) is 0 Å². The Morgan fingerprint density at radius 2 is 1.88 bits per heavy atom. The molecule has 0 fully saturated rings. The number of quaternary nitrogens is 1. The minimum absolute atomic E-state index is 0.0123. The number of hydrogen-bond donors (Lipinski definition) is 2. The van der Waals surface area contributed by atoms with Gasteiger partial charge in [-0.1, -0.05) is 12.1 Å². The van der Waals surface area contributed by atoms with Crippen LogP contribution >= 0.6 is 0 Å². The number of anilines is 3. The molecule has 0 aliphatic heterocycles. The highest BCUT2D eigenvalue weighted by atomic mass is 19.4. The number of carbonyl (C=O) groups excluding carboxylic acids is 1. The van der Waals surface area contributed by atoms with Gasteiger partial charge in [0.15, 0.2) is 5.69 Å². The summed E-state index contributed by atoms with van der Waals surface area (Å²) in [5.74, 6) is -2.41. The maximum absolute atomic E-state index is 13.7. The summed E-state index contributed by atoms with van der Waals surface area (Å²) in [5.41, 5.74) is 2.67. The molecule has 6 aromatic rings. The van der Waals surface area contributed by atoms with Crippen LogP contribution in [0.4, 0.5) is 40.7 Å². The van der Waals surface area contributed by atoms with Gasteiger partial charge in [-0.3, -0.25) is 14.0 Å². The van der Waals surface area contributed by atoms with Crippen LogP contribution in [0.1, 0.15) is 17.1 Å². The van der Waals surface area contributed by atoms with Crippen LogP contribution in [0.3, 0.4) is 0 Å². The number of likely N-dealkylation sites (N-methyl/N-ethyl adjacent to an activating group) is 1. The van der Waals surface area contributed by atoms with E-state index >= 15 is 0 Å². The highest BCUT2D eigenvalue weighted by Gasteiger charge is 2.45. The first kappa shape index (κ1) is 34.6. The van der Waals surface area contributed by atoms with Gasteiger partial charge in [0, 0.05) is 29.6 Å². The molecule has 0 aliphatic rings. The first-order valence-corrected chi connectivity index (χ1v) is 15.3. The normalized spacial score (nSPS) is 12.2. The van der Waals surface area contributed by atoms with Crippen molar-refractivity contribution in [3.05, 3.63) is 112 Å². The lowest BCUT2D eigenvalue weighted by molar-refractivity contribution is -0.898. The van der Waals surface area contributed by atoms with Gasteiger partial charge in [-0.05, 0) is 57.9 Å². The number of amides is 1. The lowest BCUT2D eigenvalue weighted by Gasteiger charge is -2.28. The van der Waals surface area contributed by atoms with Gasteiger partial charge in [-0.2, -0.15) is 18.3 Å². The van der Waals surface area contributed by atoms with Crippen LogP contribution in [0.5, 0.6) is 0 Å². The largest absolute Gasteiger partial charge is 0.475 e. The van der Waals surface area contributed by atoms with E-state index < -0.39 is 28.6 Å². The molecular weight excluding hydrogens is 674 g/mol. The van der Waals surface area contributed by atoms with Crippen LogP contribution in [0.15, 0.2) is 79.4 Å². The molecule has 51 heavy (non-hydrogen) atoms. The molecule has 1 amide bonds. The minimum atomic E-state index is -4.86. The van der Waals surface area contributed by atoms with Gasteiger partial charge < -0.3 is 25.2 Å². The van der Waals surface area contributed by atoms with Gasteiger partial charge >= 0.3 is 17.8 Å². The van der Waals surface area contributed by atoms with Gasteiger partial charge in [-0.15, -0.1) is 0 Å². The van der Waals surface area contributed by atoms with Crippen molar-refractivity contribution < 1.29 is 31.8 Å². The second-order valence-electron chi connectivity index (χ2n) is 12.3. The van der Waals surface area contributed by atoms with Gasteiger partial charge in [0.05, 0.1) is 50.6 Å². The molecule has 0 spiro atoms. The van der Waals surface area contributed by atoms with E-state index in [1.54, 1.807) is 37.1 Å². The van der Waals surface area contributed by atoms with Crippen molar-refractivity contribution in [2.75, 3.05) is 31.3 Å². The average Bonchev–Trinajstić information content (AvgIpc) is 3.61. The standard InChI is InChI=1S/C33H29F4N11O3/c1-45-27(31(47(50)51)44-32(45)33(35,36)37)18-48(2,3)11-5-8-29(49)43-28-14-24-25(16-38-28)39-19-40-30(24)42-23-9-10-26-21(13-23)15-41-46(26)17-20-6-4-7-22(34)12-20/h4-10,12-16,19H,11,17-18H2,1-3H3,(H-,38,39,40,42,43,49)/p+1/b8-5+. The molecule has 0 unspecified atom stereocenters. The average molecular weight is 705 g/mol. The van der Waals surface area contributed by atoms with E-state index in [2.05, 4.69) is 35.7 Å². The SMILES string of the molecule is Cn1c(C(F)(F)F)nc([N+](=O)[O-])c1C[N+](C)(C)C/C=C/C(=O)Nc1cc2c(Nc3ccc4c(cnn4Cc4cccc(F)c4)c3)ncnc2cn1. The van der Waals surface area contributed by atoms with Crippen LogP contribution in [-0.4, -0.2) is 70.2 Å². The first-order valence-electron chi connectivity index (χ1n) is 15.3. The fraction of sp³-hybridized carbons (Fsp3) is 0.212. The highest BCUT2D eigenvalue weighted by molar-refractivity contribution is 6.00. The van der Waals surface area contributed by atoms with Crippen molar-refractivity contribution in [2.45, 2.75) is 19.3 Å². The zero-order chi connectivity index (χ0) is 36.5. The van der Waals surface area contributed by atoms with Crippen molar-refractivity contribution in [3.63, 3.8) is 0 Å². The number of rotatable bonds is 11. The number of imidazole rings is 1. The molecule has 0 saturated heterocycles.